The van der Waals surface area contributed by atoms with Gasteiger partial charge in [0.05, 0.1) is 0 Å². The van der Waals surface area contributed by atoms with Gasteiger partial charge in [-0.2, -0.15) is 0 Å². The lowest BCUT2D eigenvalue weighted by molar-refractivity contribution is -0.119. The van der Waals surface area contributed by atoms with E-state index in [0.29, 0.717) is 5.56 Å². The van der Waals surface area contributed by atoms with Crippen molar-refractivity contribution in [1.29, 1.82) is 0 Å². The molecule has 0 aliphatic carbocycles. The lowest BCUT2D eigenvalue weighted by atomic mass is 9.99. The van der Waals surface area contributed by atoms with Gasteiger partial charge >= 0.3 is 0 Å². The van der Waals surface area contributed by atoms with Crippen LogP contribution in [0.4, 0.5) is 10.1 Å². The minimum absolute atomic E-state index is 0.0113. The third-order valence-electron chi connectivity index (χ3n) is 2.71. The van der Waals surface area contributed by atoms with Crippen molar-refractivity contribution >= 4 is 17.5 Å². The van der Waals surface area contributed by atoms with Crippen molar-refractivity contribution in [2.75, 3.05) is 5.73 Å². The predicted octanol–water partition coefficient (Wildman–Crippen LogP) is 1.10. The van der Waals surface area contributed by atoms with Gasteiger partial charge in [0.25, 0.3) is 5.91 Å². The van der Waals surface area contributed by atoms with E-state index in [-0.39, 0.29) is 17.7 Å². The van der Waals surface area contributed by atoms with Crippen LogP contribution in [0.3, 0.4) is 0 Å². The Morgan fingerprint density at radius 3 is 2.42 bits per heavy atom. The molecule has 0 spiro atoms. The maximum atomic E-state index is 13.5. The second-order valence-electron chi connectivity index (χ2n) is 5.15. The molecule has 6 heteroatoms. The smallest absolute Gasteiger partial charge is 0.251 e. The number of primary amides is 1. The summed E-state index contributed by atoms with van der Waals surface area (Å²) in [7, 11) is 0. The van der Waals surface area contributed by atoms with Crippen LogP contribution in [0.25, 0.3) is 0 Å². The molecule has 0 aromatic heterocycles. The molecular weight excluding hydrogens is 249 g/mol. The van der Waals surface area contributed by atoms with Gasteiger partial charge in [-0.1, -0.05) is 0 Å². The Morgan fingerprint density at radius 2 is 1.95 bits per heavy atom. The fourth-order valence-corrected chi connectivity index (χ4v) is 1.69. The number of benzene rings is 1. The number of rotatable bonds is 4. The van der Waals surface area contributed by atoms with E-state index in [1.165, 1.54) is 13.0 Å². The van der Waals surface area contributed by atoms with E-state index < -0.39 is 23.2 Å². The third kappa shape index (κ3) is 3.94. The first kappa shape index (κ1) is 14.9. The Bertz CT molecular complexity index is 504. The molecule has 0 aliphatic heterocycles. The molecule has 1 rings (SSSR count). The quantitative estimate of drug-likeness (QED) is 0.712. The molecule has 104 valence electrons. The highest BCUT2D eigenvalue weighted by Gasteiger charge is 2.24. The number of nitrogens with one attached hydrogen (secondary N) is 1. The van der Waals surface area contributed by atoms with Crippen molar-refractivity contribution in [3.63, 3.8) is 0 Å². The molecule has 2 amide bonds. The summed E-state index contributed by atoms with van der Waals surface area (Å²) in [5.41, 5.74) is 10.5. The lowest BCUT2D eigenvalue weighted by Gasteiger charge is -2.24. The minimum Gasteiger partial charge on any atom is -0.398 e. The number of amides is 2. The first-order valence-electron chi connectivity index (χ1n) is 5.79. The Labute approximate surface area is 111 Å². The van der Waals surface area contributed by atoms with E-state index in [1.54, 1.807) is 13.8 Å². The molecule has 0 radical (unpaired) electrons. The van der Waals surface area contributed by atoms with E-state index >= 15 is 0 Å². The molecule has 1 aromatic rings. The van der Waals surface area contributed by atoms with E-state index in [1.807, 2.05) is 0 Å². The summed E-state index contributed by atoms with van der Waals surface area (Å²) in [6, 6.07) is 2.51. The summed E-state index contributed by atoms with van der Waals surface area (Å²) >= 11 is 0. The van der Waals surface area contributed by atoms with Crippen LogP contribution >= 0.6 is 0 Å². The minimum atomic E-state index is -0.807. The zero-order valence-electron chi connectivity index (χ0n) is 11.2. The zero-order valence-corrected chi connectivity index (χ0v) is 11.2. The van der Waals surface area contributed by atoms with Crippen LogP contribution in [0.5, 0.6) is 0 Å². The molecule has 0 saturated heterocycles. The van der Waals surface area contributed by atoms with Crippen molar-refractivity contribution in [2.45, 2.75) is 32.7 Å². The molecule has 5 nitrogen and oxygen atoms in total. The number of hydrogen-bond donors (Lipinski definition) is 3. The van der Waals surface area contributed by atoms with Crippen molar-refractivity contribution in [1.82, 2.24) is 5.32 Å². The van der Waals surface area contributed by atoms with Gasteiger partial charge < -0.3 is 16.8 Å². The normalized spacial score (nSPS) is 11.2. The summed E-state index contributed by atoms with van der Waals surface area (Å²) in [4.78, 5) is 22.8. The van der Waals surface area contributed by atoms with Crippen molar-refractivity contribution in [3.05, 3.63) is 29.1 Å². The maximum absolute atomic E-state index is 13.5. The Kier molecular flexibility index (Phi) is 4.14. The second-order valence-corrected chi connectivity index (χ2v) is 5.15. The van der Waals surface area contributed by atoms with Crippen LogP contribution in [0, 0.1) is 12.7 Å². The van der Waals surface area contributed by atoms with Gasteiger partial charge in [-0.25, -0.2) is 4.39 Å². The summed E-state index contributed by atoms with van der Waals surface area (Å²) in [5.74, 6) is -1.57. The fourth-order valence-electron chi connectivity index (χ4n) is 1.69. The number of carbonyl (C=O) groups is 2. The Morgan fingerprint density at radius 1 is 1.37 bits per heavy atom. The molecule has 0 heterocycles. The Hall–Kier alpha value is -2.11. The molecule has 0 atom stereocenters. The zero-order chi connectivity index (χ0) is 14.8. The number of anilines is 1. The van der Waals surface area contributed by atoms with Gasteiger partial charge in [0, 0.05) is 28.8 Å². The summed E-state index contributed by atoms with van der Waals surface area (Å²) < 4.78 is 13.5. The van der Waals surface area contributed by atoms with Gasteiger partial charge in [-0.15, -0.1) is 0 Å². The monoisotopic (exact) mass is 267 g/mol. The molecule has 0 fully saturated rings. The fraction of sp³-hybridized carbons (Fsp3) is 0.385. The van der Waals surface area contributed by atoms with E-state index in [0.717, 1.165) is 6.07 Å². The highest BCUT2D eigenvalue weighted by Crippen LogP contribution is 2.18. The molecule has 0 aliphatic rings. The van der Waals surface area contributed by atoms with Gasteiger partial charge in [-0.3, -0.25) is 9.59 Å². The first-order chi connectivity index (χ1) is 8.62. The van der Waals surface area contributed by atoms with E-state index in [9.17, 15) is 14.0 Å². The number of carbonyl (C=O) groups excluding carboxylic acids is 2. The third-order valence-corrected chi connectivity index (χ3v) is 2.71. The van der Waals surface area contributed by atoms with E-state index in [4.69, 9.17) is 11.5 Å². The second kappa shape index (κ2) is 5.26. The molecule has 0 saturated carbocycles. The van der Waals surface area contributed by atoms with E-state index in [2.05, 4.69) is 5.32 Å². The molecule has 5 N–H and O–H groups in total. The van der Waals surface area contributed by atoms with Crippen molar-refractivity contribution in [3.8, 4) is 0 Å². The average Bonchev–Trinajstić information content (AvgIpc) is 2.22. The van der Waals surface area contributed by atoms with Gasteiger partial charge in [0.2, 0.25) is 5.91 Å². The standard InChI is InChI=1S/C13H18FN3O2/c1-7-9(14)4-8(5-10(7)15)12(19)17-13(2,3)6-11(16)18/h4-5H,6,15H2,1-3H3,(H2,16,18)(H,17,19). The largest absolute Gasteiger partial charge is 0.398 e. The number of halogens is 1. The van der Waals surface area contributed by atoms with Crippen LogP contribution in [-0.2, 0) is 4.79 Å². The SMILES string of the molecule is Cc1c(N)cc(C(=O)NC(C)(C)CC(N)=O)cc1F. The molecule has 19 heavy (non-hydrogen) atoms. The first-order valence-corrected chi connectivity index (χ1v) is 5.79. The number of nitrogen functional groups attached to an aromatic ring is 1. The molecule has 1 aromatic carbocycles. The lowest BCUT2D eigenvalue weighted by Crippen LogP contribution is -2.46. The topological polar surface area (TPSA) is 98.2 Å². The highest BCUT2D eigenvalue weighted by atomic mass is 19.1. The van der Waals surface area contributed by atoms with Crippen LogP contribution < -0.4 is 16.8 Å². The van der Waals surface area contributed by atoms with Crippen LogP contribution in [0.15, 0.2) is 12.1 Å². The number of nitrogens with two attached hydrogens (primary N) is 2. The van der Waals surface area contributed by atoms with Gasteiger partial charge in [0.15, 0.2) is 0 Å². The van der Waals surface area contributed by atoms with Crippen LogP contribution in [-0.4, -0.2) is 17.4 Å². The average molecular weight is 267 g/mol. The summed E-state index contributed by atoms with van der Waals surface area (Å²) in [6.45, 7) is 4.84. The van der Waals surface area contributed by atoms with Crippen LogP contribution in [0.1, 0.15) is 36.2 Å². The molecule has 0 bridgehead atoms. The van der Waals surface area contributed by atoms with Gasteiger partial charge in [-0.05, 0) is 32.9 Å². The highest BCUT2D eigenvalue weighted by molar-refractivity contribution is 5.96. The van der Waals surface area contributed by atoms with Crippen LogP contribution in [0.2, 0.25) is 0 Å². The van der Waals surface area contributed by atoms with Gasteiger partial charge in [0.1, 0.15) is 5.82 Å². The maximum Gasteiger partial charge on any atom is 0.251 e. The number of hydrogen-bond acceptors (Lipinski definition) is 3. The summed E-state index contributed by atoms with van der Waals surface area (Å²) in [5, 5.41) is 2.62. The predicted molar refractivity (Wildman–Crippen MR) is 70.9 cm³/mol. The molecular formula is C13H18FN3O2. The van der Waals surface area contributed by atoms with Crippen molar-refractivity contribution in [2.24, 2.45) is 5.73 Å². The Balaban J connectivity index is 2.93. The summed E-state index contributed by atoms with van der Waals surface area (Å²) in [6.07, 6.45) is -0.0113. The van der Waals surface area contributed by atoms with Crippen molar-refractivity contribution < 1.29 is 14.0 Å². The molecule has 0 unspecified atom stereocenters.